The molecule has 0 saturated heterocycles. The molecule has 1 rings (SSSR count). The quantitative estimate of drug-likeness (QED) is 0.503. The number of nitrogens with one attached hydrogen (secondary N) is 1. The van der Waals surface area contributed by atoms with Crippen LogP contribution in [-0.2, 0) is 20.6 Å². The highest BCUT2D eigenvalue weighted by Crippen LogP contribution is 2.12. The predicted molar refractivity (Wildman–Crippen MR) is 53.1 cm³/mol. The molecule has 1 unspecified atom stereocenters. The minimum Gasteiger partial charge on any atom is -0.358 e. The van der Waals surface area contributed by atoms with Gasteiger partial charge in [0.25, 0.3) is 5.56 Å². The van der Waals surface area contributed by atoms with Crippen molar-refractivity contribution in [2.45, 2.75) is 6.73 Å². The molecule has 0 bridgehead atoms. The van der Waals surface area contributed by atoms with Gasteiger partial charge in [-0.1, -0.05) is 0 Å². The van der Waals surface area contributed by atoms with Crippen LogP contribution in [0.25, 0.3) is 0 Å². The van der Waals surface area contributed by atoms with Gasteiger partial charge in [0.05, 0.1) is 6.61 Å². The standard InChI is InChI=1S/C7H9N2O6P/c10-6-1-2-9(7(11)8-6)5-14-3-4-15-16(12)13/h1-2H,3-5H2,(H-,8,10,11,12,13)/p+1. The van der Waals surface area contributed by atoms with Gasteiger partial charge < -0.3 is 4.74 Å². The predicted octanol–water partition coefficient (Wildman–Crippen LogP) is -0.823. The molecule has 1 aromatic rings. The van der Waals surface area contributed by atoms with Crippen molar-refractivity contribution in [3.8, 4) is 0 Å². The summed E-state index contributed by atoms with van der Waals surface area (Å²) in [4.78, 5) is 32.2. The largest absolute Gasteiger partial charge is 0.694 e. The fourth-order valence-corrected chi connectivity index (χ4v) is 1.11. The van der Waals surface area contributed by atoms with Gasteiger partial charge in [-0.15, -0.1) is 9.42 Å². The molecule has 0 fully saturated rings. The summed E-state index contributed by atoms with van der Waals surface area (Å²) < 4.78 is 20.5. The van der Waals surface area contributed by atoms with Crippen molar-refractivity contribution >= 4 is 8.25 Å². The molecule has 88 valence electrons. The van der Waals surface area contributed by atoms with Crippen molar-refractivity contribution in [1.29, 1.82) is 0 Å². The highest BCUT2D eigenvalue weighted by molar-refractivity contribution is 7.32. The third kappa shape index (κ3) is 4.45. The van der Waals surface area contributed by atoms with Gasteiger partial charge in [-0.05, 0) is 0 Å². The zero-order chi connectivity index (χ0) is 12.0. The molecule has 0 amide bonds. The van der Waals surface area contributed by atoms with Crippen LogP contribution < -0.4 is 11.2 Å². The first-order chi connectivity index (χ1) is 7.59. The van der Waals surface area contributed by atoms with Crippen LogP contribution in [0.3, 0.4) is 0 Å². The first kappa shape index (κ1) is 12.7. The van der Waals surface area contributed by atoms with Gasteiger partial charge in [-0.25, -0.2) is 4.79 Å². The summed E-state index contributed by atoms with van der Waals surface area (Å²) in [6.07, 6.45) is 1.29. The topological polar surface area (TPSA) is 111 Å². The van der Waals surface area contributed by atoms with E-state index in [2.05, 4.69) is 9.51 Å². The highest BCUT2D eigenvalue weighted by Gasteiger charge is 2.10. The van der Waals surface area contributed by atoms with Gasteiger partial charge >= 0.3 is 13.9 Å². The van der Waals surface area contributed by atoms with Crippen LogP contribution in [-0.4, -0.2) is 27.7 Å². The van der Waals surface area contributed by atoms with E-state index in [1.807, 2.05) is 0 Å². The Bertz CT molecular complexity index is 466. The molecule has 0 saturated carbocycles. The minimum atomic E-state index is -2.63. The smallest absolute Gasteiger partial charge is 0.358 e. The number of H-pyrrole nitrogens is 1. The van der Waals surface area contributed by atoms with Crippen LogP contribution in [0, 0.1) is 0 Å². The molecule has 1 aromatic heterocycles. The maximum Gasteiger partial charge on any atom is 0.694 e. The van der Waals surface area contributed by atoms with Crippen molar-refractivity contribution in [1.82, 2.24) is 9.55 Å². The lowest BCUT2D eigenvalue weighted by atomic mass is 10.6. The van der Waals surface area contributed by atoms with E-state index in [1.165, 1.54) is 12.3 Å². The molecule has 0 aliphatic carbocycles. The molecule has 8 nitrogen and oxygen atoms in total. The molecule has 1 heterocycles. The van der Waals surface area contributed by atoms with Gasteiger partial charge in [0.1, 0.15) is 13.3 Å². The van der Waals surface area contributed by atoms with Crippen molar-refractivity contribution in [3.63, 3.8) is 0 Å². The molecule has 2 N–H and O–H groups in total. The SMILES string of the molecule is O=c1ccn(COCCO[P+](=O)O)c(=O)[nH]1. The highest BCUT2D eigenvalue weighted by atomic mass is 31.1. The van der Waals surface area contributed by atoms with Gasteiger partial charge in [-0.3, -0.25) is 14.3 Å². The van der Waals surface area contributed by atoms with Crippen molar-refractivity contribution < 1.29 is 18.7 Å². The maximum absolute atomic E-state index is 11.1. The Morgan fingerprint density at radius 2 is 2.19 bits per heavy atom. The molecular weight excluding hydrogens is 239 g/mol. The Balaban J connectivity index is 2.35. The van der Waals surface area contributed by atoms with E-state index in [1.54, 1.807) is 0 Å². The zero-order valence-corrected chi connectivity index (χ0v) is 9.05. The van der Waals surface area contributed by atoms with Crippen LogP contribution in [0.15, 0.2) is 21.9 Å². The molecule has 0 aliphatic rings. The summed E-state index contributed by atoms with van der Waals surface area (Å²) in [6.45, 7) is -0.0573. The number of aromatic amines is 1. The molecular formula is C7H10N2O6P+. The van der Waals surface area contributed by atoms with Crippen molar-refractivity contribution in [3.05, 3.63) is 33.1 Å². The minimum absolute atomic E-state index is 0.0518. The van der Waals surface area contributed by atoms with E-state index in [4.69, 9.17) is 9.63 Å². The second-order valence-electron chi connectivity index (χ2n) is 2.69. The Labute approximate surface area is 90.4 Å². The molecule has 1 atom stereocenters. The summed E-state index contributed by atoms with van der Waals surface area (Å²) >= 11 is 0. The summed E-state index contributed by atoms with van der Waals surface area (Å²) in [6, 6.07) is 1.19. The average Bonchev–Trinajstić information content (AvgIpc) is 2.20. The Hall–Kier alpha value is -1.34. The summed E-state index contributed by atoms with van der Waals surface area (Å²) in [7, 11) is -2.63. The number of rotatable bonds is 6. The van der Waals surface area contributed by atoms with E-state index in [0.717, 1.165) is 4.57 Å². The van der Waals surface area contributed by atoms with E-state index in [0.29, 0.717) is 0 Å². The van der Waals surface area contributed by atoms with E-state index < -0.39 is 19.5 Å². The Morgan fingerprint density at radius 3 is 2.81 bits per heavy atom. The third-order valence-corrected chi connectivity index (χ3v) is 1.96. The fraction of sp³-hybridized carbons (Fsp3) is 0.429. The van der Waals surface area contributed by atoms with Crippen LogP contribution in [0.1, 0.15) is 0 Å². The second kappa shape index (κ2) is 6.29. The molecule has 0 aliphatic heterocycles. The number of hydrogen-bond donors (Lipinski definition) is 2. The monoisotopic (exact) mass is 249 g/mol. The lowest BCUT2D eigenvalue weighted by molar-refractivity contribution is 0.0505. The van der Waals surface area contributed by atoms with Crippen LogP contribution in [0.2, 0.25) is 0 Å². The zero-order valence-electron chi connectivity index (χ0n) is 8.16. The Morgan fingerprint density at radius 1 is 1.44 bits per heavy atom. The Kier molecular flexibility index (Phi) is 5.00. The van der Waals surface area contributed by atoms with Crippen LogP contribution in [0.4, 0.5) is 0 Å². The van der Waals surface area contributed by atoms with Crippen LogP contribution >= 0.6 is 8.25 Å². The summed E-state index contributed by atoms with van der Waals surface area (Å²) in [5, 5.41) is 0. The van der Waals surface area contributed by atoms with E-state index >= 15 is 0 Å². The number of ether oxygens (including phenoxy) is 1. The number of aromatic nitrogens is 2. The molecule has 16 heavy (non-hydrogen) atoms. The first-order valence-electron chi connectivity index (χ1n) is 4.26. The summed E-state index contributed by atoms with van der Waals surface area (Å²) in [5.41, 5.74) is -1.07. The van der Waals surface area contributed by atoms with Gasteiger partial charge in [0, 0.05) is 16.8 Å². The van der Waals surface area contributed by atoms with Crippen molar-refractivity contribution in [2.24, 2.45) is 0 Å². The number of hydrogen-bond acceptors (Lipinski definition) is 5. The lowest BCUT2D eigenvalue weighted by Crippen LogP contribution is -2.29. The van der Waals surface area contributed by atoms with Gasteiger partial charge in [-0.2, -0.15) is 0 Å². The lowest BCUT2D eigenvalue weighted by Gasteiger charge is -2.03. The number of nitrogens with zero attached hydrogens (tertiary/aromatic N) is 1. The molecule has 9 heteroatoms. The first-order valence-corrected chi connectivity index (χ1v) is 5.39. The summed E-state index contributed by atoms with van der Waals surface area (Å²) in [5.74, 6) is 0. The molecule has 0 aromatic carbocycles. The molecule has 0 radical (unpaired) electrons. The van der Waals surface area contributed by atoms with Crippen LogP contribution in [0.5, 0.6) is 0 Å². The van der Waals surface area contributed by atoms with Crippen molar-refractivity contribution in [2.75, 3.05) is 13.2 Å². The molecule has 0 spiro atoms. The third-order valence-electron chi connectivity index (χ3n) is 1.56. The fourth-order valence-electron chi connectivity index (χ4n) is 0.883. The normalized spacial score (nSPS) is 11.4. The van der Waals surface area contributed by atoms with Gasteiger partial charge in [0.2, 0.25) is 0 Å². The van der Waals surface area contributed by atoms with E-state index in [9.17, 15) is 14.2 Å². The van der Waals surface area contributed by atoms with Gasteiger partial charge in [0.15, 0.2) is 0 Å². The second-order valence-corrected chi connectivity index (χ2v) is 3.42. The van der Waals surface area contributed by atoms with E-state index in [-0.39, 0.29) is 19.9 Å². The average molecular weight is 249 g/mol. The maximum atomic E-state index is 11.1.